The van der Waals surface area contributed by atoms with Crippen molar-refractivity contribution in [2.24, 2.45) is 0 Å². The Hall–Kier alpha value is -2.73. The summed E-state index contributed by atoms with van der Waals surface area (Å²) in [6, 6.07) is 11.3. The van der Waals surface area contributed by atoms with E-state index in [-0.39, 0.29) is 29.7 Å². The Morgan fingerprint density at radius 3 is 2.38 bits per heavy atom. The van der Waals surface area contributed by atoms with Gasteiger partial charge in [-0.3, -0.25) is 14.5 Å². The van der Waals surface area contributed by atoms with E-state index in [9.17, 15) is 18.0 Å². The van der Waals surface area contributed by atoms with E-state index in [1.165, 1.54) is 11.2 Å². The van der Waals surface area contributed by atoms with Crippen molar-refractivity contribution in [3.8, 4) is 0 Å². The number of Topliss-reactive ketones (excluding diaryl/α,β-unsaturated/α-hetero) is 1. The molecule has 1 amide bonds. The molecule has 0 bridgehead atoms. The number of nitrogens with one attached hydrogen (secondary N) is 1. The minimum absolute atomic E-state index is 0.0358. The van der Waals surface area contributed by atoms with Crippen molar-refractivity contribution in [2.45, 2.75) is 24.8 Å². The van der Waals surface area contributed by atoms with Crippen LogP contribution in [0.2, 0.25) is 0 Å². The molecular weight excluding hydrogens is 450 g/mol. The van der Waals surface area contributed by atoms with Crippen LogP contribution in [0.1, 0.15) is 24.2 Å². The smallest absolute Gasteiger partial charge is 0.245 e. The number of carbonyl (C=O) groups is 2. The number of nitrogens with zero attached hydrogens (tertiary/aromatic N) is 4. The van der Waals surface area contributed by atoms with Crippen molar-refractivity contribution in [3.63, 3.8) is 0 Å². The summed E-state index contributed by atoms with van der Waals surface area (Å²) in [5.74, 6) is -0.221. The first-order chi connectivity index (χ1) is 15.3. The number of sulfonamides is 1. The maximum atomic E-state index is 13.2. The summed E-state index contributed by atoms with van der Waals surface area (Å²) in [4.78, 5) is 26.2. The molecule has 4 rings (SSSR count). The zero-order chi connectivity index (χ0) is 22.9. The van der Waals surface area contributed by atoms with E-state index >= 15 is 0 Å². The maximum Gasteiger partial charge on any atom is 0.245 e. The SMILES string of the molecule is CC(=O)c1ccc(NC(=O)[C@@H](C)N2CCN(S(=O)(=O)c3cccc4nsnc34)CC2)cc1. The second kappa shape index (κ2) is 9.02. The molecule has 168 valence electrons. The lowest BCUT2D eigenvalue weighted by atomic mass is 10.1. The number of hydrogen-bond donors (Lipinski definition) is 1. The lowest BCUT2D eigenvalue weighted by Gasteiger charge is -2.36. The number of fused-ring (bicyclic) bond motifs is 1. The van der Waals surface area contributed by atoms with E-state index in [0.717, 1.165) is 11.7 Å². The molecule has 9 nitrogen and oxygen atoms in total. The molecule has 0 radical (unpaired) electrons. The number of benzene rings is 2. The third-order valence-corrected chi connectivity index (χ3v) is 8.10. The molecule has 32 heavy (non-hydrogen) atoms. The quantitative estimate of drug-likeness (QED) is 0.546. The number of aromatic nitrogens is 2. The molecule has 0 unspecified atom stereocenters. The van der Waals surface area contributed by atoms with E-state index in [1.807, 2.05) is 4.90 Å². The zero-order valence-corrected chi connectivity index (χ0v) is 19.3. The molecule has 2 aromatic carbocycles. The predicted molar refractivity (Wildman–Crippen MR) is 122 cm³/mol. The van der Waals surface area contributed by atoms with Crippen LogP contribution in [0.25, 0.3) is 11.0 Å². The van der Waals surface area contributed by atoms with E-state index in [1.54, 1.807) is 49.4 Å². The average Bonchev–Trinajstić information content (AvgIpc) is 3.28. The Bertz CT molecular complexity index is 1250. The fraction of sp³-hybridized carbons (Fsp3) is 0.333. The van der Waals surface area contributed by atoms with Gasteiger partial charge < -0.3 is 5.32 Å². The van der Waals surface area contributed by atoms with Crippen LogP contribution >= 0.6 is 11.7 Å². The molecule has 1 saturated heterocycles. The number of anilines is 1. The molecule has 1 aliphatic heterocycles. The molecule has 1 atom stereocenters. The third-order valence-electron chi connectivity index (χ3n) is 5.63. The lowest BCUT2D eigenvalue weighted by molar-refractivity contribution is -0.121. The van der Waals surface area contributed by atoms with Crippen LogP contribution in [-0.2, 0) is 14.8 Å². The van der Waals surface area contributed by atoms with Gasteiger partial charge in [0, 0.05) is 37.4 Å². The normalized spacial score (nSPS) is 16.7. The molecular formula is C21H23N5O4S2. The highest BCUT2D eigenvalue weighted by molar-refractivity contribution is 7.89. The summed E-state index contributed by atoms with van der Waals surface area (Å²) in [6.07, 6.45) is 0. The molecule has 3 aromatic rings. The van der Waals surface area contributed by atoms with Gasteiger partial charge in [0.15, 0.2) is 5.78 Å². The first-order valence-corrected chi connectivity index (χ1v) is 12.3. The van der Waals surface area contributed by atoms with Crippen LogP contribution in [0.4, 0.5) is 5.69 Å². The van der Waals surface area contributed by atoms with E-state index < -0.39 is 16.1 Å². The molecule has 0 saturated carbocycles. The largest absolute Gasteiger partial charge is 0.325 e. The molecule has 11 heteroatoms. The van der Waals surface area contributed by atoms with Crippen molar-refractivity contribution >= 4 is 50.2 Å². The summed E-state index contributed by atoms with van der Waals surface area (Å²) in [6.45, 7) is 4.71. The van der Waals surface area contributed by atoms with Gasteiger partial charge in [0.05, 0.1) is 17.8 Å². The van der Waals surface area contributed by atoms with Crippen LogP contribution < -0.4 is 5.32 Å². The fourth-order valence-electron chi connectivity index (χ4n) is 3.66. The van der Waals surface area contributed by atoms with Crippen molar-refractivity contribution in [3.05, 3.63) is 48.0 Å². The Morgan fingerprint density at radius 1 is 1.03 bits per heavy atom. The van der Waals surface area contributed by atoms with Crippen molar-refractivity contribution in [1.29, 1.82) is 0 Å². The van der Waals surface area contributed by atoms with Gasteiger partial charge in [-0.1, -0.05) is 6.07 Å². The first kappa shape index (κ1) is 22.5. The number of hydrogen-bond acceptors (Lipinski definition) is 8. The van der Waals surface area contributed by atoms with Crippen molar-refractivity contribution < 1.29 is 18.0 Å². The second-order valence-corrected chi connectivity index (χ2v) is 10.1. The van der Waals surface area contributed by atoms with E-state index in [2.05, 4.69) is 14.1 Å². The van der Waals surface area contributed by atoms with Gasteiger partial charge in [-0.25, -0.2) is 8.42 Å². The molecule has 0 aliphatic carbocycles. The van der Waals surface area contributed by atoms with Gasteiger partial charge in [-0.15, -0.1) is 0 Å². The summed E-state index contributed by atoms with van der Waals surface area (Å²) in [5, 5.41) is 2.85. The highest BCUT2D eigenvalue weighted by Gasteiger charge is 2.33. The maximum absolute atomic E-state index is 13.2. The average molecular weight is 474 g/mol. The summed E-state index contributed by atoms with van der Waals surface area (Å²) >= 11 is 0.988. The van der Waals surface area contributed by atoms with Gasteiger partial charge in [0.1, 0.15) is 15.9 Å². The highest BCUT2D eigenvalue weighted by atomic mass is 32.2. The van der Waals surface area contributed by atoms with Gasteiger partial charge in [-0.05, 0) is 50.2 Å². The van der Waals surface area contributed by atoms with Crippen molar-refractivity contribution in [1.82, 2.24) is 18.0 Å². The molecule has 1 N–H and O–H groups in total. The molecule has 1 fully saturated rings. The summed E-state index contributed by atoms with van der Waals surface area (Å²) < 4.78 is 36.0. The summed E-state index contributed by atoms with van der Waals surface area (Å²) in [5.41, 5.74) is 2.15. The molecule has 0 spiro atoms. The summed E-state index contributed by atoms with van der Waals surface area (Å²) in [7, 11) is -3.70. The fourth-order valence-corrected chi connectivity index (χ4v) is 5.84. The second-order valence-electron chi connectivity index (χ2n) is 7.63. The van der Waals surface area contributed by atoms with E-state index in [4.69, 9.17) is 0 Å². The number of carbonyl (C=O) groups excluding carboxylic acids is 2. The minimum atomic E-state index is -3.70. The number of piperazine rings is 1. The van der Waals surface area contributed by atoms with E-state index in [0.29, 0.717) is 35.4 Å². The number of ketones is 1. The first-order valence-electron chi connectivity index (χ1n) is 10.1. The Kier molecular flexibility index (Phi) is 6.33. The standard InChI is InChI=1S/C21H23N5O4S2/c1-14(21(28)22-17-8-6-16(7-9-17)15(2)27)25-10-12-26(13-11-25)32(29,30)19-5-3-4-18-20(19)24-31-23-18/h3-9,14H,10-13H2,1-2H3,(H,22,28)/t14-/m1/s1. The van der Waals surface area contributed by atoms with Crippen LogP contribution in [0.15, 0.2) is 47.4 Å². The third kappa shape index (κ3) is 4.42. The van der Waals surface area contributed by atoms with Crippen LogP contribution in [0, 0.1) is 0 Å². The van der Waals surface area contributed by atoms with Gasteiger partial charge in [0.25, 0.3) is 0 Å². The molecule has 2 heterocycles. The zero-order valence-electron chi connectivity index (χ0n) is 17.7. The monoisotopic (exact) mass is 473 g/mol. The predicted octanol–water partition coefficient (Wildman–Crippen LogP) is 2.23. The van der Waals surface area contributed by atoms with Gasteiger partial charge >= 0.3 is 0 Å². The molecule has 1 aliphatic rings. The van der Waals surface area contributed by atoms with Crippen LogP contribution in [0.5, 0.6) is 0 Å². The van der Waals surface area contributed by atoms with Crippen LogP contribution in [-0.4, -0.2) is 70.3 Å². The van der Waals surface area contributed by atoms with Gasteiger partial charge in [0.2, 0.25) is 15.9 Å². The Balaban J connectivity index is 1.39. The topological polar surface area (TPSA) is 113 Å². The van der Waals surface area contributed by atoms with Crippen LogP contribution in [0.3, 0.4) is 0 Å². The number of rotatable bonds is 6. The highest BCUT2D eigenvalue weighted by Crippen LogP contribution is 2.25. The van der Waals surface area contributed by atoms with Crippen molar-refractivity contribution in [2.75, 3.05) is 31.5 Å². The van der Waals surface area contributed by atoms with Gasteiger partial charge in [-0.2, -0.15) is 13.1 Å². The minimum Gasteiger partial charge on any atom is -0.325 e. The lowest BCUT2D eigenvalue weighted by Crippen LogP contribution is -2.53. The Morgan fingerprint density at radius 2 is 1.72 bits per heavy atom. The number of amides is 1. The molecule has 1 aromatic heterocycles. The Labute approximate surface area is 190 Å².